The van der Waals surface area contributed by atoms with Gasteiger partial charge in [-0.15, -0.1) is 0 Å². The van der Waals surface area contributed by atoms with Crippen LogP contribution in [0, 0.1) is 0 Å². The van der Waals surface area contributed by atoms with Crippen LogP contribution in [0.25, 0.3) is 0 Å². The smallest absolute Gasteiger partial charge is 1.00 e. The van der Waals surface area contributed by atoms with Gasteiger partial charge in [-0.05, 0) is 6.42 Å². The maximum atomic E-state index is 11.7. The van der Waals surface area contributed by atoms with Crippen LogP contribution >= 0.6 is 0 Å². The van der Waals surface area contributed by atoms with E-state index in [1.807, 2.05) is 0 Å². The van der Waals surface area contributed by atoms with E-state index in [0.29, 0.717) is 6.42 Å². The molecule has 1 unspecified atom stereocenters. The van der Waals surface area contributed by atoms with Crippen molar-refractivity contribution >= 4 is 15.9 Å². The van der Waals surface area contributed by atoms with Crippen molar-refractivity contribution in [3.8, 4) is 0 Å². The number of carbonyl (C=O) groups is 1. The van der Waals surface area contributed by atoms with Gasteiger partial charge in [0.05, 0.1) is 0 Å². The molecule has 0 aromatic heterocycles. The topological polar surface area (TPSA) is 97.5 Å². The van der Waals surface area contributed by atoms with Crippen molar-refractivity contribution in [3.05, 3.63) is 0 Å². The second-order valence-electron chi connectivity index (χ2n) is 5.99. The van der Waals surface area contributed by atoms with E-state index in [1.165, 1.54) is 51.4 Å². The Kier molecular flexibility index (Phi) is 19.1. The van der Waals surface area contributed by atoms with Crippen molar-refractivity contribution < 1.29 is 70.6 Å². The van der Waals surface area contributed by atoms with Crippen molar-refractivity contribution in [2.45, 2.75) is 89.2 Å². The Hall–Kier alpha value is 1.18. The van der Waals surface area contributed by atoms with Gasteiger partial charge in [-0.1, -0.05) is 71.1 Å². The standard InChI is InChI=1S/C16H33NO4S.K.H/c1-2-3-4-5-6-7-8-9-10-11-12-13-15(18)16(14-17)22(19,20)21;;/h16H,2-14,17H2,1H3,(H,19,20,21);;/q;+1;-1. The first-order chi connectivity index (χ1) is 10.4. The minimum absolute atomic E-state index is 0. The van der Waals surface area contributed by atoms with Gasteiger partial charge in [-0.25, -0.2) is 0 Å². The fourth-order valence-electron chi connectivity index (χ4n) is 2.54. The van der Waals surface area contributed by atoms with Crippen LogP contribution in [0.4, 0.5) is 0 Å². The van der Waals surface area contributed by atoms with Gasteiger partial charge in [0.25, 0.3) is 10.1 Å². The number of ketones is 1. The Morgan fingerprint density at radius 1 is 0.957 bits per heavy atom. The van der Waals surface area contributed by atoms with Crippen LogP contribution in [-0.4, -0.2) is 30.5 Å². The number of hydrogen-bond acceptors (Lipinski definition) is 4. The van der Waals surface area contributed by atoms with Crippen molar-refractivity contribution in [1.29, 1.82) is 0 Å². The summed E-state index contributed by atoms with van der Waals surface area (Å²) in [5, 5.41) is -1.45. The molecular weight excluding hydrogens is 341 g/mol. The second-order valence-corrected chi connectivity index (χ2v) is 7.59. The zero-order valence-corrected chi connectivity index (χ0v) is 18.9. The van der Waals surface area contributed by atoms with Crippen molar-refractivity contribution in [2.24, 2.45) is 5.73 Å². The SMILES string of the molecule is CCCCCCCCCCCCCC(=O)C(CN)S(=O)(=O)O.[H-].[K+]. The first-order valence-corrected chi connectivity index (χ1v) is 10.1. The Balaban J connectivity index is -0.00000220. The molecule has 0 saturated heterocycles. The number of Topliss-reactive ketones (excluding diaryl/α,β-unsaturated/α-hetero) is 1. The third kappa shape index (κ3) is 15.2. The Bertz CT molecular complexity index is 394. The number of hydrogen-bond donors (Lipinski definition) is 2. The maximum absolute atomic E-state index is 11.7. The number of unbranched alkanes of at least 4 members (excludes halogenated alkanes) is 10. The van der Waals surface area contributed by atoms with Crippen LogP contribution in [0.2, 0.25) is 0 Å². The fraction of sp³-hybridized carbons (Fsp3) is 0.938. The second kappa shape index (κ2) is 16.6. The molecule has 134 valence electrons. The van der Waals surface area contributed by atoms with E-state index >= 15 is 0 Å². The molecule has 0 aliphatic rings. The van der Waals surface area contributed by atoms with Crippen LogP contribution in [-0.2, 0) is 14.9 Å². The molecule has 0 aliphatic carbocycles. The van der Waals surface area contributed by atoms with Gasteiger partial charge in [-0.2, -0.15) is 8.42 Å². The normalized spacial score (nSPS) is 12.7. The van der Waals surface area contributed by atoms with E-state index in [1.54, 1.807) is 0 Å². The summed E-state index contributed by atoms with van der Waals surface area (Å²) in [5.41, 5.74) is 5.23. The average Bonchev–Trinajstić information content (AvgIpc) is 2.44. The zero-order chi connectivity index (χ0) is 16.8. The fourth-order valence-corrected chi connectivity index (χ4v) is 3.24. The minimum atomic E-state index is -4.35. The van der Waals surface area contributed by atoms with Crippen molar-refractivity contribution in [1.82, 2.24) is 0 Å². The molecular formula is C16H34KNO4S. The van der Waals surface area contributed by atoms with E-state index in [0.717, 1.165) is 12.8 Å². The molecule has 0 aromatic rings. The summed E-state index contributed by atoms with van der Waals surface area (Å²) in [4.78, 5) is 11.7. The van der Waals surface area contributed by atoms with Crippen LogP contribution in [0.5, 0.6) is 0 Å². The Labute approximate surface area is 186 Å². The monoisotopic (exact) mass is 375 g/mol. The van der Waals surface area contributed by atoms with Crippen molar-refractivity contribution in [3.63, 3.8) is 0 Å². The summed E-state index contributed by atoms with van der Waals surface area (Å²) in [6, 6.07) is 0. The molecule has 0 radical (unpaired) electrons. The third-order valence-corrected chi connectivity index (χ3v) is 5.13. The molecule has 0 heterocycles. The van der Waals surface area contributed by atoms with E-state index in [2.05, 4.69) is 6.92 Å². The molecule has 0 amide bonds. The molecule has 0 saturated carbocycles. The van der Waals surface area contributed by atoms with Crippen molar-refractivity contribution in [2.75, 3.05) is 6.54 Å². The first-order valence-electron chi connectivity index (χ1n) is 8.62. The summed E-state index contributed by atoms with van der Waals surface area (Å²) in [7, 11) is -4.35. The van der Waals surface area contributed by atoms with Crippen LogP contribution in [0.1, 0.15) is 85.4 Å². The van der Waals surface area contributed by atoms with Gasteiger partial charge < -0.3 is 7.16 Å². The minimum Gasteiger partial charge on any atom is -1.00 e. The molecule has 7 heteroatoms. The predicted molar refractivity (Wildman–Crippen MR) is 91.6 cm³/mol. The van der Waals surface area contributed by atoms with Gasteiger partial charge in [0.1, 0.15) is 0 Å². The first kappa shape index (κ1) is 26.4. The number of nitrogens with two attached hydrogens (primary N) is 1. The van der Waals surface area contributed by atoms with Gasteiger partial charge in [-0.3, -0.25) is 9.35 Å². The zero-order valence-electron chi connectivity index (χ0n) is 15.9. The summed E-state index contributed by atoms with van der Waals surface area (Å²) in [5.74, 6) is -0.471. The third-order valence-electron chi connectivity index (χ3n) is 3.96. The van der Waals surface area contributed by atoms with Crippen LogP contribution < -0.4 is 57.1 Å². The molecule has 0 aromatic carbocycles. The molecule has 3 N–H and O–H groups in total. The average molecular weight is 376 g/mol. The van der Waals surface area contributed by atoms with Crippen LogP contribution in [0.3, 0.4) is 0 Å². The summed E-state index contributed by atoms with van der Waals surface area (Å²) in [6.07, 6.45) is 13.1. The Morgan fingerprint density at radius 2 is 1.35 bits per heavy atom. The molecule has 23 heavy (non-hydrogen) atoms. The molecule has 5 nitrogen and oxygen atoms in total. The molecule has 0 fully saturated rings. The van der Waals surface area contributed by atoms with Crippen LogP contribution in [0.15, 0.2) is 0 Å². The summed E-state index contributed by atoms with van der Waals surface area (Å²) in [6.45, 7) is 1.87. The number of carbonyl (C=O) groups excluding carboxylic acids is 1. The Morgan fingerprint density at radius 3 is 1.70 bits per heavy atom. The largest absolute Gasteiger partial charge is 1.00 e. The molecule has 0 bridgehead atoms. The van der Waals surface area contributed by atoms with E-state index in [-0.39, 0.29) is 65.8 Å². The summed E-state index contributed by atoms with van der Waals surface area (Å²) < 4.78 is 30.8. The van der Waals surface area contributed by atoms with Gasteiger partial charge in [0.2, 0.25) is 0 Å². The maximum Gasteiger partial charge on any atom is 1.00 e. The molecule has 0 spiro atoms. The van der Waals surface area contributed by atoms with E-state index < -0.39 is 21.2 Å². The van der Waals surface area contributed by atoms with Gasteiger partial charge in [0, 0.05) is 13.0 Å². The van der Waals surface area contributed by atoms with Gasteiger partial charge >= 0.3 is 51.4 Å². The van der Waals surface area contributed by atoms with Gasteiger partial charge in [0.15, 0.2) is 11.0 Å². The van der Waals surface area contributed by atoms with E-state index in [4.69, 9.17) is 10.3 Å². The molecule has 1 atom stereocenters. The summed E-state index contributed by atoms with van der Waals surface area (Å²) >= 11 is 0. The number of rotatable bonds is 15. The van der Waals surface area contributed by atoms with E-state index in [9.17, 15) is 13.2 Å². The molecule has 0 rings (SSSR count). The molecule has 0 aliphatic heterocycles. The predicted octanol–water partition coefficient (Wildman–Crippen LogP) is 0.588. The quantitative estimate of drug-likeness (QED) is 0.248.